The Hall–Kier alpha value is -0.903. The Morgan fingerprint density at radius 3 is 2.25 bits per heavy atom. The first kappa shape index (κ1) is 11.1. The molecule has 0 heterocycles. The molecule has 0 atom stereocenters. The van der Waals surface area contributed by atoms with Crippen LogP contribution < -0.4 is 0 Å². The molecule has 0 amide bonds. The van der Waals surface area contributed by atoms with Crippen molar-refractivity contribution in [1.29, 1.82) is 0 Å². The maximum absolute atomic E-state index is 8.74. The minimum atomic E-state index is -1.63. The van der Waals surface area contributed by atoms with Gasteiger partial charge in [-0.25, -0.2) is 0 Å². The van der Waals surface area contributed by atoms with Crippen molar-refractivity contribution >= 4 is 8.32 Å². The lowest BCUT2D eigenvalue weighted by molar-refractivity contribution is 0.331. The Kier molecular flexibility index (Phi) is 4.50. The molecule has 0 aromatic heterocycles. The van der Waals surface area contributed by atoms with Gasteiger partial charge in [-0.3, -0.25) is 0 Å². The molecule has 3 nitrogen and oxygen atoms in total. The van der Waals surface area contributed by atoms with Crippen molar-refractivity contribution in [3.8, 4) is 0 Å². The van der Waals surface area contributed by atoms with Crippen LogP contribution in [0.3, 0.4) is 0 Å². The van der Waals surface area contributed by atoms with Crippen molar-refractivity contribution in [2.24, 2.45) is 0 Å². The number of allylic oxidation sites excluding steroid dienone is 1. The second-order valence-electron chi connectivity index (χ2n) is 3.28. The number of rotatable bonds is 4. The highest BCUT2D eigenvalue weighted by molar-refractivity contribution is 6.70. The van der Waals surface area contributed by atoms with Gasteiger partial charge in [0.25, 0.3) is 0 Å². The van der Waals surface area contributed by atoms with Crippen LogP contribution in [0.5, 0.6) is 0 Å². The molecular weight excluding hydrogens is 172 g/mol. The van der Waals surface area contributed by atoms with Crippen LogP contribution in [0.15, 0.2) is 24.4 Å². The normalized spacial score (nSPS) is 13.5. The second-order valence-corrected chi connectivity index (χ2v) is 7.71. The summed E-state index contributed by atoms with van der Waals surface area (Å²) in [5.74, 6) is 0.441. The van der Waals surface area contributed by atoms with Crippen LogP contribution >= 0.6 is 0 Å². The van der Waals surface area contributed by atoms with Gasteiger partial charge < -0.3 is 14.3 Å². The van der Waals surface area contributed by atoms with Crippen LogP contribution in [0.2, 0.25) is 19.6 Å². The third-order valence-electron chi connectivity index (χ3n) is 0.920. The smallest absolute Gasteiger partial charge is 0.242 e. The third kappa shape index (κ3) is 5.85. The Morgan fingerprint density at radius 1 is 1.33 bits per heavy atom. The molecule has 70 valence electrons. The number of aliphatic hydroxyl groups excluding tert-OH is 1. The molecule has 0 saturated heterocycles. The molecule has 0 aliphatic carbocycles. The summed E-state index contributed by atoms with van der Waals surface area (Å²) in [5.41, 5.74) is 0. The average Bonchev–Trinajstić information content (AvgIpc) is 1.95. The maximum Gasteiger partial charge on any atom is 0.242 e. The molecule has 0 aromatic rings. The van der Waals surface area contributed by atoms with Gasteiger partial charge in [0.05, 0.1) is 13.4 Å². The van der Waals surface area contributed by atoms with Gasteiger partial charge in [0.1, 0.15) is 12.0 Å². The second kappa shape index (κ2) is 4.87. The Balaban J connectivity index is 4.12. The van der Waals surface area contributed by atoms with E-state index in [0.717, 1.165) is 6.26 Å². The molecule has 0 rings (SSSR count). The van der Waals surface area contributed by atoms with Gasteiger partial charge in [-0.15, -0.1) is 0 Å². The fraction of sp³-hybridized carbons (Fsp3) is 0.500. The largest absolute Gasteiger partial charge is 0.542 e. The first-order chi connectivity index (χ1) is 5.49. The lowest BCUT2D eigenvalue weighted by Crippen LogP contribution is -2.24. The lowest BCUT2D eigenvalue weighted by Gasteiger charge is -2.18. The zero-order chi connectivity index (χ0) is 9.61. The van der Waals surface area contributed by atoms with E-state index in [0.29, 0.717) is 5.76 Å². The van der Waals surface area contributed by atoms with Crippen molar-refractivity contribution in [3.63, 3.8) is 0 Å². The highest BCUT2D eigenvalue weighted by Gasteiger charge is 2.16. The number of aliphatic hydroxyl groups is 1. The maximum atomic E-state index is 8.74. The van der Waals surface area contributed by atoms with Gasteiger partial charge in [0, 0.05) is 6.08 Å². The quantitative estimate of drug-likeness (QED) is 0.418. The number of hydrogen-bond acceptors (Lipinski definition) is 3. The number of hydrogen-bond donors (Lipinski definition) is 1. The number of methoxy groups -OCH3 is 1. The molecule has 12 heavy (non-hydrogen) atoms. The van der Waals surface area contributed by atoms with Crippen LogP contribution in [-0.2, 0) is 9.16 Å². The molecule has 0 aliphatic rings. The minimum absolute atomic E-state index is 0.441. The summed E-state index contributed by atoms with van der Waals surface area (Å²) in [7, 11) is -0.0847. The Bertz CT molecular complexity index is 179. The van der Waals surface area contributed by atoms with Crippen molar-refractivity contribution in [3.05, 3.63) is 24.4 Å². The van der Waals surface area contributed by atoms with E-state index in [9.17, 15) is 0 Å². The zero-order valence-electron chi connectivity index (χ0n) is 8.00. The molecule has 0 unspecified atom stereocenters. The monoisotopic (exact) mass is 188 g/mol. The molecule has 1 N–H and O–H groups in total. The van der Waals surface area contributed by atoms with Crippen molar-refractivity contribution in [2.45, 2.75) is 19.6 Å². The summed E-state index contributed by atoms with van der Waals surface area (Å²) in [6.45, 7) is 6.12. The highest BCUT2D eigenvalue weighted by Crippen LogP contribution is 2.10. The van der Waals surface area contributed by atoms with E-state index in [1.165, 1.54) is 6.26 Å². The summed E-state index contributed by atoms with van der Waals surface area (Å²) in [6.07, 6.45) is 3.98. The topological polar surface area (TPSA) is 38.7 Å². The molecule has 0 saturated carbocycles. The zero-order valence-corrected chi connectivity index (χ0v) is 9.00. The third-order valence-corrected chi connectivity index (χ3v) is 1.77. The minimum Gasteiger partial charge on any atom is -0.542 e. The summed E-state index contributed by atoms with van der Waals surface area (Å²) >= 11 is 0. The average molecular weight is 188 g/mol. The van der Waals surface area contributed by atoms with Gasteiger partial charge in [0.15, 0.2) is 0 Å². The first-order valence-electron chi connectivity index (χ1n) is 3.72. The van der Waals surface area contributed by atoms with E-state index in [4.69, 9.17) is 14.3 Å². The molecule has 0 aromatic carbocycles. The van der Waals surface area contributed by atoms with Gasteiger partial charge in [-0.05, 0) is 19.6 Å². The van der Waals surface area contributed by atoms with Crippen LogP contribution in [0, 0.1) is 0 Å². The summed E-state index contributed by atoms with van der Waals surface area (Å²) < 4.78 is 10.2. The Morgan fingerprint density at radius 2 is 1.92 bits per heavy atom. The van der Waals surface area contributed by atoms with E-state index in [-0.39, 0.29) is 0 Å². The molecule has 0 fully saturated rings. The molecule has 0 spiro atoms. The molecule has 4 heteroatoms. The lowest BCUT2D eigenvalue weighted by atomic mass is 10.5. The SMILES string of the molecule is COC=CC(=CO)O[Si](C)(C)C. The summed E-state index contributed by atoms with van der Waals surface area (Å²) in [6, 6.07) is 0. The van der Waals surface area contributed by atoms with Crippen molar-refractivity contribution < 1.29 is 14.3 Å². The highest BCUT2D eigenvalue weighted by atomic mass is 28.4. The molecule has 0 aliphatic heterocycles. The van der Waals surface area contributed by atoms with Gasteiger partial charge in [0.2, 0.25) is 8.32 Å². The van der Waals surface area contributed by atoms with Crippen LogP contribution in [0.1, 0.15) is 0 Å². The van der Waals surface area contributed by atoms with Crippen molar-refractivity contribution in [1.82, 2.24) is 0 Å². The fourth-order valence-corrected chi connectivity index (χ4v) is 1.42. The van der Waals surface area contributed by atoms with Gasteiger partial charge in [-0.1, -0.05) is 0 Å². The van der Waals surface area contributed by atoms with Gasteiger partial charge >= 0.3 is 0 Å². The Labute approximate surface area is 74.4 Å². The first-order valence-corrected chi connectivity index (χ1v) is 7.13. The van der Waals surface area contributed by atoms with E-state index < -0.39 is 8.32 Å². The molecule has 0 bridgehead atoms. The van der Waals surface area contributed by atoms with E-state index >= 15 is 0 Å². The van der Waals surface area contributed by atoms with E-state index in [2.05, 4.69) is 0 Å². The van der Waals surface area contributed by atoms with Crippen LogP contribution in [0.25, 0.3) is 0 Å². The van der Waals surface area contributed by atoms with Crippen molar-refractivity contribution in [2.75, 3.05) is 7.11 Å². The van der Waals surface area contributed by atoms with Crippen LogP contribution in [-0.4, -0.2) is 20.5 Å². The number of ether oxygens (including phenoxy) is 1. The van der Waals surface area contributed by atoms with Gasteiger partial charge in [-0.2, -0.15) is 0 Å². The predicted octanol–water partition coefficient (Wildman–Crippen LogP) is 2.40. The fourth-order valence-electron chi connectivity index (χ4n) is 0.592. The predicted molar refractivity (Wildman–Crippen MR) is 51.3 cm³/mol. The standard InChI is InChI=1S/C8H16O3Si/c1-10-6-5-8(7-9)11-12(2,3)4/h5-7,9H,1-4H3. The molecule has 0 radical (unpaired) electrons. The van der Waals surface area contributed by atoms with E-state index in [1.807, 2.05) is 19.6 Å². The summed E-state index contributed by atoms with van der Waals surface area (Å²) in [4.78, 5) is 0. The van der Waals surface area contributed by atoms with Crippen LogP contribution in [0.4, 0.5) is 0 Å². The summed E-state index contributed by atoms with van der Waals surface area (Å²) in [5, 5.41) is 8.74. The molecular formula is C8H16O3Si. The van der Waals surface area contributed by atoms with E-state index in [1.54, 1.807) is 13.2 Å².